The Morgan fingerprint density at radius 1 is 0.864 bits per heavy atom. The summed E-state index contributed by atoms with van der Waals surface area (Å²) >= 11 is 0. The third-order valence-corrected chi connectivity index (χ3v) is 2.72. The molecule has 0 aliphatic carbocycles. The molecule has 0 spiro atoms. The number of carbonyl (C=O) groups is 2. The molecule has 2 rings (SSSR count). The fourth-order valence-electron chi connectivity index (χ4n) is 1.71. The molecule has 5 nitrogen and oxygen atoms in total. The van der Waals surface area contributed by atoms with Gasteiger partial charge in [-0.05, 0) is 24.3 Å². The van der Waals surface area contributed by atoms with Gasteiger partial charge in [0.25, 0.3) is 5.91 Å². The molecular formula is C14H10F3N3O2. The van der Waals surface area contributed by atoms with Gasteiger partial charge in [-0.3, -0.25) is 4.79 Å². The molecule has 0 atom stereocenters. The van der Waals surface area contributed by atoms with E-state index in [-0.39, 0.29) is 11.3 Å². The molecule has 4 N–H and O–H groups in total. The molecule has 0 aliphatic heterocycles. The van der Waals surface area contributed by atoms with Crippen LogP contribution in [-0.2, 0) is 0 Å². The number of nitrogens with two attached hydrogens (primary N) is 1. The lowest BCUT2D eigenvalue weighted by Crippen LogP contribution is -2.23. The number of hydrogen-bond donors (Lipinski definition) is 3. The second-order valence-electron chi connectivity index (χ2n) is 4.21. The minimum atomic E-state index is -1.70. The lowest BCUT2D eigenvalue weighted by Gasteiger charge is -2.11. The third kappa shape index (κ3) is 3.17. The van der Waals surface area contributed by atoms with Crippen molar-refractivity contribution in [2.45, 2.75) is 0 Å². The number of carbonyl (C=O) groups excluding carboxylic acids is 2. The topological polar surface area (TPSA) is 84.2 Å². The second kappa shape index (κ2) is 6.17. The summed E-state index contributed by atoms with van der Waals surface area (Å²) in [6, 6.07) is 6.47. The first kappa shape index (κ1) is 15.4. The van der Waals surface area contributed by atoms with Crippen LogP contribution in [0.1, 0.15) is 10.4 Å². The Morgan fingerprint density at radius 2 is 1.50 bits per heavy atom. The van der Waals surface area contributed by atoms with E-state index in [1.165, 1.54) is 18.2 Å². The maximum Gasteiger partial charge on any atom is 0.323 e. The van der Waals surface area contributed by atoms with Crippen LogP contribution in [0.2, 0.25) is 0 Å². The van der Waals surface area contributed by atoms with Crippen molar-refractivity contribution in [2.75, 3.05) is 10.6 Å². The summed E-state index contributed by atoms with van der Waals surface area (Å²) in [6.07, 6.45) is 0. The summed E-state index contributed by atoms with van der Waals surface area (Å²) in [4.78, 5) is 22.9. The highest BCUT2D eigenvalue weighted by Crippen LogP contribution is 2.20. The Bertz CT molecular complexity index is 750. The van der Waals surface area contributed by atoms with Gasteiger partial charge < -0.3 is 16.4 Å². The van der Waals surface area contributed by atoms with Gasteiger partial charge in [-0.1, -0.05) is 12.1 Å². The van der Waals surface area contributed by atoms with E-state index in [4.69, 9.17) is 5.73 Å². The Labute approximate surface area is 122 Å². The molecule has 3 amide bonds. The molecule has 0 unspecified atom stereocenters. The third-order valence-electron chi connectivity index (χ3n) is 2.72. The van der Waals surface area contributed by atoms with Crippen molar-refractivity contribution in [3.63, 3.8) is 0 Å². The number of rotatable bonds is 3. The number of primary amides is 1. The number of urea groups is 1. The van der Waals surface area contributed by atoms with Crippen molar-refractivity contribution < 1.29 is 22.8 Å². The highest BCUT2D eigenvalue weighted by atomic mass is 19.2. The summed E-state index contributed by atoms with van der Waals surface area (Å²) in [5.74, 6) is -5.37. The van der Waals surface area contributed by atoms with Crippen molar-refractivity contribution in [1.82, 2.24) is 0 Å². The van der Waals surface area contributed by atoms with Crippen LogP contribution >= 0.6 is 0 Å². The molecule has 0 heterocycles. The molecule has 8 heteroatoms. The van der Waals surface area contributed by atoms with E-state index in [1.807, 2.05) is 5.32 Å². The molecule has 114 valence electrons. The standard InChI is InChI=1S/C14H10F3N3O2/c15-8-5-6-10(12(17)11(8)16)20-14(22)19-9-4-2-1-3-7(9)13(18)21/h1-6H,(H2,18,21)(H2,19,20,22). The van der Waals surface area contributed by atoms with E-state index in [1.54, 1.807) is 6.07 Å². The maximum atomic E-state index is 13.4. The molecule has 0 aromatic heterocycles. The van der Waals surface area contributed by atoms with Gasteiger partial charge in [-0.15, -0.1) is 0 Å². The molecule has 0 saturated heterocycles. The van der Waals surface area contributed by atoms with Crippen molar-refractivity contribution in [1.29, 1.82) is 0 Å². The first-order valence-electron chi connectivity index (χ1n) is 6.00. The zero-order valence-electron chi connectivity index (χ0n) is 11.0. The molecule has 0 aliphatic rings. The number of halogens is 3. The summed E-state index contributed by atoms with van der Waals surface area (Å²) < 4.78 is 39.3. The highest BCUT2D eigenvalue weighted by Gasteiger charge is 2.16. The monoisotopic (exact) mass is 309 g/mol. The number of amides is 3. The molecule has 22 heavy (non-hydrogen) atoms. The number of hydrogen-bond acceptors (Lipinski definition) is 2. The summed E-state index contributed by atoms with van der Waals surface area (Å²) in [5, 5.41) is 4.28. The number of para-hydroxylation sites is 1. The van der Waals surface area contributed by atoms with E-state index in [0.717, 1.165) is 6.07 Å². The Balaban J connectivity index is 2.18. The second-order valence-corrected chi connectivity index (χ2v) is 4.21. The van der Waals surface area contributed by atoms with Gasteiger partial charge in [0.15, 0.2) is 17.5 Å². The van der Waals surface area contributed by atoms with Crippen LogP contribution in [0, 0.1) is 17.5 Å². The van der Waals surface area contributed by atoms with E-state index in [9.17, 15) is 22.8 Å². The van der Waals surface area contributed by atoms with Gasteiger partial charge in [0.1, 0.15) is 0 Å². The van der Waals surface area contributed by atoms with Crippen LogP contribution < -0.4 is 16.4 Å². The number of benzene rings is 2. The van der Waals surface area contributed by atoms with Crippen LogP contribution in [-0.4, -0.2) is 11.9 Å². The van der Waals surface area contributed by atoms with Crippen LogP contribution in [0.4, 0.5) is 29.3 Å². The fraction of sp³-hybridized carbons (Fsp3) is 0. The zero-order chi connectivity index (χ0) is 16.3. The van der Waals surface area contributed by atoms with Gasteiger partial charge >= 0.3 is 6.03 Å². The van der Waals surface area contributed by atoms with E-state index >= 15 is 0 Å². The SMILES string of the molecule is NC(=O)c1ccccc1NC(=O)Nc1ccc(F)c(F)c1F. The van der Waals surface area contributed by atoms with Crippen molar-refractivity contribution in [2.24, 2.45) is 5.73 Å². The highest BCUT2D eigenvalue weighted by molar-refractivity contribution is 6.06. The average Bonchev–Trinajstić information content (AvgIpc) is 2.48. The Hall–Kier alpha value is -3.03. The quantitative estimate of drug-likeness (QED) is 0.762. The van der Waals surface area contributed by atoms with Gasteiger partial charge in [0.05, 0.1) is 16.9 Å². The zero-order valence-corrected chi connectivity index (χ0v) is 11.0. The smallest absolute Gasteiger partial charge is 0.323 e. The van der Waals surface area contributed by atoms with Gasteiger partial charge in [-0.2, -0.15) is 0 Å². The number of nitrogens with one attached hydrogen (secondary N) is 2. The molecule has 2 aromatic rings. The average molecular weight is 309 g/mol. The lowest BCUT2D eigenvalue weighted by molar-refractivity contribution is 0.100. The molecule has 0 radical (unpaired) electrons. The predicted octanol–water partition coefficient (Wildman–Crippen LogP) is 2.85. The number of anilines is 2. The van der Waals surface area contributed by atoms with E-state index in [0.29, 0.717) is 6.07 Å². The van der Waals surface area contributed by atoms with E-state index in [2.05, 4.69) is 5.32 Å². The summed E-state index contributed by atoms with van der Waals surface area (Å²) in [6.45, 7) is 0. The van der Waals surface area contributed by atoms with E-state index < -0.39 is 35.1 Å². The maximum absolute atomic E-state index is 13.4. The van der Waals surface area contributed by atoms with Gasteiger partial charge in [0.2, 0.25) is 0 Å². The van der Waals surface area contributed by atoms with Crippen LogP contribution in [0.25, 0.3) is 0 Å². The Kier molecular flexibility index (Phi) is 4.31. The van der Waals surface area contributed by atoms with Crippen LogP contribution in [0.3, 0.4) is 0 Å². The molecule has 0 fully saturated rings. The van der Waals surface area contributed by atoms with Crippen molar-refractivity contribution in [3.8, 4) is 0 Å². The van der Waals surface area contributed by atoms with Gasteiger partial charge in [-0.25, -0.2) is 18.0 Å². The predicted molar refractivity (Wildman–Crippen MR) is 73.9 cm³/mol. The van der Waals surface area contributed by atoms with Gasteiger partial charge in [0, 0.05) is 0 Å². The first-order valence-corrected chi connectivity index (χ1v) is 6.00. The molecular weight excluding hydrogens is 299 g/mol. The van der Waals surface area contributed by atoms with Crippen LogP contribution in [0.15, 0.2) is 36.4 Å². The summed E-state index contributed by atoms with van der Waals surface area (Å²) in [7, 11) is 0. The van der Waals surface area contributed by atoms with Crippen molar-refractivity contribution >= 4 is 23.3 Å². The normalized spacial score (nSPS) is 10.1. The Morgan fingerprint density at radius 3 is 2.18 bits per heavy atom. The van der Waals surface area contributed by atoms with Crippen LogP contribution in [0.5, 0.6) is 0 Å². The first-order chi connectivity index (χ1) is 10.4. The summed E-state index contributed by atoms with van der Waals surface area (Å²) in [5.41, 5.74) is 4.73. The molecule has 0 saturated carbocycles. The fourth-order valence-corrected chi connectivity index (χ4v) is 1.71. The lowest BCUT2D eigenvalue weighted by atomic mass is 10.1. The molecule has 2 aromatic carbocycles. The van der Waals surface area contributed by atoms with Crippen molar-refractivity contribution in [3.05, 3.63) is 59.4 Å². The largest absolute Gasteiger partial charge is 0.366 e. The molecule has 0 bridgehead atoms. The minimum Gasteiger partial charge on any atom is -0.366 e. The minimum absolute atomic E-state index is 0.0448.